The molecule has 6 rings (SSSR count). The van der Waals surface area contributed by atoms with Crippen LogP contribution in [-0.4, -0.2) is 11.8 Å². The maximum atomic E-state index is 13.2. The van der Waals surface area contributed by atoms with Crippen LogP contribution in [0.4, 0.5) is 5.69 Å². The van der Waals surface area contributed by atoms with E-state index < -0.39 is 6.04 Å². The van der Waals surface area contributed by atoms with Gasteiger partial charge in [-0.25, -0.2) is 5.43 Å². The summed E-state index contributed by atoms with van der Waals surface area (Å²) < 4.78 is 0. The summed E-state index contributed by atoms with van der Waals surface area (Å²) in [6.45, 7) is 4.03. The van der Waals surface area contributed by atoms with E-state index in [0.29, 0.717) is 6.42 Å². The van der Waals surface area contributed by atoms with Crippen LogP contribution in [0.5, 0.6) is 0 Å². The number of carbonyl (C=O) groups is 2. The number of anilines is 1. The highest BCUT2D eigenvalue weighted by Gasteiger charge is 2.51. The molecule has 2 aromatic carbocycles. The Kier molecular flexibility index (Phi) is 6.00. The minimum Gasteiger partial charge on any atom is -0.324 e. The first-order chi connectivity index (χ1) is 15.9. The molecule has 0 radical (unpaired) electrons. The highest BCUT2D eigenvalue weighted by atomic mass is 16.2. The first kappa shape index (κ1) is 22.1. The second kappa shape index (κ2) is 8.94. The van der Waals surface area contributed by atoms with E-state index >= 15 is 0 Å². The Hall–Kier alpha value is -2.66. The number of rotatable bonds is 7. The Morgan fingerprint density at radius 3 is 2.06 bits per heavy atom. The summed E-state index contributed by atoms with van der Waals surface area (Å²) in [7, 11) is 0. The lowest BCUT2D eigenvalue weighted by Crippen LogP contribution is -2.50. The molecule has 4 aliphatic rings. The number of hydrogen-bond donors (Lipinski definition) is 3. The molecule has 0 heterocycles. The highest BCUT2D eigenvalue weighted by Crippen LogP contribution is 2.61. The van der Waals surface area contributed by atoms with Gasteiger partial charge in [0.15, 0.2) is 0 Å². The van der Waals surface area contributed by atoms with Gasteiger partial charge in [-0.05, 0) is 104 Å². The van der Waals surface area contributed by atoms with E-state index in [1.165, 1.54) is 38.5 Å². The van der Waals surface area contributed by atoms with Crippen LogP contribution in [0, 0.1) is 37.0 Å². The summed E-state index contributed by atoms with van der Waals surface area (Å²) in [6, 6.07) is 14.9. The van der Waals surface area contributed by atoms with Crippen LogP contribution in [-0.2, 0) is 9.59 Å². The molecular weight excluding hydrogens is 410 g/mol. The van der Waals surface area contributed by atoms with Gasteiger partial charge in [0.2, 0.25) is 11.8 Å². The van der Waals surface area contributed by atoms with E-state index in [4.69, 9.17) is 0 Å². The SMILES string of the molecule is Cc1cc(C)cc(NC(=O)C(NNC(=O)CC23CC4CC(CC(C4)C2)C3)c2ccccc2)c1. The van der Waals surface area contributed by atoms with Gasteiger partial charge in [-0.1, -0.05) is 36.4 Å². The lowest BCUT2D eigenvalue weighted by molar-refractivity contribution is -0.131. The lowest BCUT2D eigenvalue weighted by atomic mass is 9.49. The van der Waals surface area contributed by atoms with Crippen molar-refractivity contribution < 1.29 is 9.59 Å². The third-order valence-corrected chi connectivity index (χ3v) is 7.94. The molecular formula is C28H35N3O2. The average molecular weight is 446 g/mol. The molecule has 1 atom stereocenters. The summed E-state index contributed by atoms with van der Waals surface area (Å²) in [4.78, 5) is 26.3. The van der Waals surface area contributed by atoms with E-state index in [2.05, 4.69) is 22.2 Å². The minimum absolute atomic E-state index is 0.00270. The molecule has 174 valence electrons. The summed E-state index contributed by atoms with van der Waals surface area (Å²) in [6.07, 6.45) is 8.25. The number of nitrogens with one attached hydrogen (secondary N) is 3. The Morgan fingerprint density at radius 2 is 1.48 bits per heavy atom. The quantitative estimate of drug-likeness (QED) is 0.512. The van der Waals surface area contributed by atoms with Gasteiger partial charge in [0.05, 0.1) is 0 Å². The van der Waals surface area contributed by atoms with Crippen LogP contribution in [0.2, 0.25) is 0 Å². The van der Waals surface area contributed by atoms with Gasteiger partial charge in [0.1, 0.15) is 6.04 Å². The summed E-state index contributed by atoms with van der Waals surface area (Å²) in [5.74, 6) is 2.26. The fraction of sp³-hybridized carbons (Fsp3) is 0.500. The van der Waals surface area contributed by atoms with Crippen molar-refractivity contribution >= 4 is 17.5 Å². The molecule has 4 saturated carbocycles. The molecule has 3 N–H and O–H groups in total. The Labute approximate surface area is 196 Å². The van der Waals surface area contributed by atoms with Gasteiger partial charge in [-0.3, -0.25) is 15.0 Å². The Bertz CT molecular complexity index is 977. The van der Waals surface area contributed by atoms with E-state index in [-0.39, 0.29) is 17.2 Å². The van der Waals surface area contributed by atoms with Crippen molar-refractivity contribution in [1.29, 1.82) is 0 Å². The summed E-state index contributed by atoms with van der Waals surface area (Å²) in [5.41, 5.74) is 9.89. The number of aryl methyl sites for hydroxylation is 2. The van der Waals surface area contributed by atoms with Crippen molar-refractivity contribution in [3.63, 3.8) is 0 Å². The third kappa shape index (κ3) is 4.98. The Morgan fingerprint density at radius 1 is 0.909 bits per heavy atom. The molecule has 0 saturated heterocycles. The van der Waals surface area contributed by atoms with E-state index in [1.54, 1.807) is 0 Å². The van der Waals surface area contributed by atoms with Crippen molar-refractivity contribution in [1.82, 2.24) is 10.9 Å². The molecule has 2 aromatic rings. The largest absolute Gasteiger partial charge is 0.324 e. The molecule has 33 heavy (non-hydrogen) atoms. The van der Waals surface area contributed by atoms with Gasteiger partial charge < -0.3 is 5.32 Å². The number of hydrazine groups is 1. The monoisotopic (exact) mass is 445 g/mol. The molecule has 4 bridgehead atoms. The predicted molar refractivity (Wildman–Crippen MR) is 130 cm³/mol. The first-order valence-electron chi connectivity index (χ1n) is 12.4. The molecule has 0 spiro atoms. The maximum Gasteiger partial charge on any atom is 0.247 e. The number of carbonyl (C=O) groups excluding carboxylic acids is 2. The van der Waals surface area contributed by atoms with Crippen LogP contribution in [0.3, 0.4) is 0 Å². The number of amides is 2. The average Bonchev–Trinajstić information content (AvgIpc) is 2.72. The van der Waals surface area contributed by atoms with Crippen LogP contribution in [0.25, 0.3) is 0 Å². The van der Waals surface area contributed by atoms with Crippen molar-refractivity contribution in [2.45, 2.75) is 64.8 Å². The second-order valence-corrected chi connectivity index (χ2v) is 11.0. The molecule has 4 fully saturated rings. The lowest BCUT2D eigenvalue weighted by Gasteiger charge is -2.56. The summed E-state index contributed by atoms with van der Waals surface area (Å²) in [5, 5.41) is 3.02. The highest BCUT2D eigenvalue weighted by molar-refractivity contribution is 5.96. The molecule has 5 nitrogen and oxygen atoms in total. The standard InChI is InChI=1S/C28H35N3O2/c1-18-8-19(2)10-24(9-18)29-27(33)26(23-6-4-3-5-7-23)31-30-25(32)17-28-14-20-11-21(15-28)13-22(12-20)16-28/h3-10,20-22,26,31H,11-17H2,1-2H3,(H,29,33)(H,30,32). The summed E-state index contributed by atoms with van der Waals surface area (Å²) >= 11 is 0. The van der Waals surface area contributed by atoms with Gasteiger partial charge in [0.25, 0.3) is 0 Å². The maximum absolute atomic E-state index is 13.2. The fourth-order valence-corrected chi connectivity index (χ4v) is 7.25. The topological polar surface area (TPSA) is 70.2 Å². The molecule has 4 aliphatic carbocycles. The number of benzene rings is 2. The van der Waals surface area contributed by atoms with Crippen molar-refractivity contribution in [3.05, 3.63) is 65.2 Å². The van der Waals surface area contributed by atoms with Crippen LogP contribution in [0.1, 0.15) is 67.7 Å². The van der Waals surface area contributed by atoms with Crippen LogP contribution >= 0.6 is 0 Å². The van der Waals surface area contributed by atoms with Gasteiger partial charge >= 0.3 is 0 Å². The van der Waals surface area contributed by atoms with Crippen molar-refractivity contribution in [3.8, 4) is 0 Å². The van der Waals surface area contributed by atoms with Crippen molar-refractivity contribution in [2.75, 3.05) is 5.32 Å². The van der Waals surface area contributed by atoms with E-state index in [9.17, 15) is 9.59 Å². The van der Waals surface area contributed by atoms with Crippen LogP contribution in [0.15, 0.2) is 48.5 Å². The van der Waals surface area contributed by atoms with Gasteiger partial charge in [0, 0.05) is 12.1 Å². The zero-order valence-corrected chi connectivity index (χ0v) is 19.7. The fourth-order valence-electron chi connectivity index (χ4n) is 7.25. The molecule has 0 aliphatic heterocycles. The van der Waals surface area contributed by atoms with Crippen molar-refractivity contribution in [2.24, 2.45) is 23.2 Å². The third-order valence-electron chi connectivity index (χ3n) is 7.94. The Balaban J connectivity index is 1.26. The normalized spacial score (nSPS) is 28.4. The molecule has 1 unspecified atom stereocenters. The van der Waals surface area contributed by atoms with Crippen LogP contribution < -0.4 is 16.2 Å². The molecule has 5 heteroatoms. The van der Waals surface area contributed by atoms with E-state index in [1.807, 2.05) is 56.3 Å². The zero-order valence-electron chi connectivity index (χ0n) is 19.7. The predicted octanol–water partition coefficient (Wildman–Crippen LogP) is 5.21. The minimum atomic E-state index is -0.674. The zero-order chi connectivity index (χ0) is 23.0. The molecule has 2 amide bonds. The van der Waals surface area contributed by atoms with E-state index in [0.717, 1.165) is 40.1 Å². The number of hydrogen-bond acceptors (Lipinski definition) is 3. The van der Waals surface area contributed by atoms with Gasteiger partial charge in [-0.2, -0.15) is 0 Å². The molecule has 0 aromatic heterocycles. The first-order valence-corrected chi connectivity index (χ1v) is 12.4. The smallest absolute Gasteiger partial charge is 0.247 e. The second-order valence-electron chi connectivity index (χ2n) is 11.0. The van der Waals surface area contributed by atoms with Gasteiger partial charge in [-0.15, -0.1) is 0 Å².